The molecule has 2 aliphatic rings. The summed E-state index contributed by atoms with van der Waals surface area (Å²) in [4.78, 5) is 16.3. The van der Waals surface area contributed by atoms with Crippen molar-refractivity contribution in [3.8, 4) is 0 Å². The summed E-state index contributed by atoms with van der Waals surface area (Å²) in [5.41, 5.74) is 2.39. The van der Waals surface area contributed by atoms with Gasteiger partial charge >= 0.3 is 0 Å². The van der Waals surface area contributed by atoms with Crippen LogP contribution in [0.5, 0.6) is 0 Å². The number of aryl methyl sites for hydroxylation is 1. The Labute approximate surface area is 131 Å². The molecule has 1 aliphatic heterocycles. The maximum absolute atomic E-state index is 12.8. The molecule has 0 atom stereocenters. The number of hydrogen-bond acceptors (Lipinski definition) is 3. The highest BCUT2D eigenvalue weighted by Gasteiger charge is 2.27. The molecule has 1 N–H and O–H groups in total. The quantitative estimate of drug-likeness (QED) is 0.927. The molecule has 1 saturated heterocycles. The van der Waals surface area contributed by atoms with Crippen molar-refractivity contribution >= 4 is 17.2 Å². The lowest BCUT2D eigenvalue weighted by molar-refractivity contribution is 0.0686. The highest BCUT2D eigenvalue weighted by atomic mass is 32.1. The summed E-state index contributed by atoms with van der Waals surface area (Å²) in [6.07, 6.45) is 8.40. The molecule has 116 valence electrons. The standard InChI is InChI=1S/C17H26N2OS/c1-18-9-6-13-7-10-19(11-8-13)17(20)15-12-21-16-5-3-2-4-14(15)16/h12-13,18H,2-11H2,1H3. The first-order valence-electron chi connectivity index (χ1n) is 8.32. The number of nitrogens with zero attached hydrogens (tertiary/aromatic N) is 1. The van der Waals surface area contributed by atoms with E-state index in [1.807, 2.05) is 7.05 Å². The Bertz CT molecular complexity index is 489. The van der Waals surface area contributed by atoms with Crippen LogP contribution in [0.4, 0.5) is 0 Å². The summed E-state index contributed by atoms with van der Waals surface area (Å²) < 4.78 is 0. The molecule has 3 rings (SSSR count). The lowest BCUT2D eigenvalue weighted by Crippen LogP contribution is -2.39. The molecular formula is C17H26N2OS. The molecule has 1 amide bonds. The first-order chi connectivity index (χ1) is 10.3. The fourth-order valence-electron chi connectivity index (χ4n) is 3.62. The van der Waals surface area contributed by atoms with Crippen molar-refractivity contribution in [2.24, 2.45) is 5.92 Å². The van der Waals surface area contributed by atoms with Gasteiger partial charge in [-0.15, -0.1) is 11.3 Å². The molecule has 3 nitrogen and oxygen atoms in total. The van der Waals surface area contributed by atoms with Gasteiger partial charge in [0.1, 0.15) is 0 Å². The molecule has 21 heavy (non-hydrogen) atoms. The van der Waals surface area contributed by atoms with Gasteiger partial charge in [-0.25, -0.2) is 0 Å². The molecule has 1 aromatic heterocycles. The van der Waals surface area contributed by atoms with E-state index in [2.05, 4.69) is 15.6 Å². The van der Waals surface area contributed by atoms with E-state index in [9.17, 15) is 4.79 Å². The second-order valence-corrected chi connectivity index (χ2v) is 7.35. The third-order valence-electron chi connectivity index (χ3n) is 5.00. The van der Waals surface area contributed by atoms with E-state index in [1.165, 1.54) is 49.0 Å². The number of nitrogens with one attached hydrogen (secondary N) is 1. The van der Waals surface area contributed by atoms with Gasteiger partial charge in [0, 0.05) is 23.3 Å². The zero-order valence-corrected chi connectivity index (χ0v) is 13.8. The van der Waals surface area contributed by atoms with E-state index in [-0.39, 0.29) is 0 Å². The average molecular weight is 306 g/mol. The zero-order chi connectivity index (χ0) is 14.7. The third-order valence-corrected chi connectivity index (χ3v) is 6.08. The Morgan fingerprint density at radius 1 is 1.33 bits per heavy atom. The molecule has 0 spiro atoms. The lowest BCUT2D eigenvalue weighted by atomic mass is 9.92. The summed E-state index contributed by atoms with van der Waals surface area (Å²) in [5, 5.41) is 5.34. The first-order valence-corrected chi connectivity index (χ1v) is 9.20. The van der Waals surface area contributed by atoms with Crippen LogP contribution in [-0.2, 0) is 12.8 Å². The van der Waals surface area contributed by atoms with E-state index in [4.69, 9.17) is 0 Å². The van der Waals surface area contributed by atoms with Gasteiger partial charge < -0.3 is 10.2 Å². The summed E-state index contributed by atoms with van der Waals surface area (Å²) in [5.74, 6) is 1.08. The number of piperidine rings is 1. The number of carbonyl (C=O) groups excluding carboxylic acids is 1. The van der Waals surface area contributed by atoms with Gasteiger partial charge in [0.15, 0.2) is 0 Å². The molecule has 4 heteroatoms. The van der Waals surface area contributed by atoms with Crippen molar-refractivity contribution in [3.63, 3.8) is 0 Å². The number of amides is 1. The number of hydrogen-bond donors (Lipinski definition) is 1. The molecule has 1 aliphatic carbocycles. The van der Waals surface area contributed by atoms with E-state index in [0.29, 0.717) is 5.91 Å². The number of carbonyl (C=O) groups is 1. The summed E-state index contributed by atoms with van der Waals surface area (Å²) in [6.45, 7) is 2.98. The van der Waals surface area contributed by atoms with Crippen LogP contribution in [-0.4, -0.2) is 37.5 Å². The van der Waals surface area contributed by atoms with Crippen molar-refractivity contribution in [2.75, 3.05) is 26.7 Å². The highest BCUT2D eigenvalue weighted by Crippen LogP contribution is 2.32. The Morgan fingerprint density at radius 3 is 2.86 bits per heavy atom. The fourth-order valence-corrected chi connectivity index (χ4v) is 4.74. The Morgan fingerprint density at radius 2 is 2.10 bits per heavy atom. The number of thiophene rings is 1. The maximum atomic E-state index is 12.8. The minimum atomic E-state index is 0.293. The van der Waals surface area contributed by atoms with Crippen LogP contribution in [0.15, 0.2) is 5.38 Å². The molecule has 0 aromatic carbocycles. The van der Waals surface area contributed by atoms with Crippen LogP contribution in [0, 0.1) is 5.92 Å². The van der Waals surface area contributed by atoms with Crippen molar-refractivity contribution in [2.45, 2.75) is 44.9 Å². The second-order valence-electron chi connectivity index (χ2n) is 6.39. The Balaban J connectivity index is 1.60. The molecule has 1 aromatic rings. The molecule has 0 saturated carbocycles. The first kappa shape index (κ1) is 15.0. The summed E-state index contributed by atoms with van der Waals surface area (Å²) in [7, 11) is 2.01. The summed E-state index contributed by atoms with van der Waals surface area (Å²) in [6, 6.07) is 0. The zero-order valence-electron chi connectivity index (χ0n) is 13.0. The molecule has 0 radical (unpaired) electrons. The largest absolute Gasteiger partial charge is 0.339 e. The molecular weight excluding hydrogens is 280 g/mol. The normalized spacial score (nSPS) is 19.6. The Kier molecular flexibility index (Phi) is 4.96. The summed E-state index contributed by atoms with van der Waals surface area (Å²) >= 11 is 1.80. The topological polar surface area (TPSA) is 32.3 Å². The van der Waals surface area contributed by atoms with Crippen LogP contribution in [0.2, 0.25) is 0 Å². The lowest BCUT2D eigenvalue weighted by Gasteiger charge is -2.32. The average Bonchev–Trinajstić information content (AvgIpc) is 2.97. The van der Waals surface area contributed by atoms with Crippen molar-refractivity contribution in [1.29, 1.82) is 0 Å². The smallest absolute Gasteiger partial charge is 0.254 e. The van der Waals surface area contributed by atoms with Gasteiger partial charge in [-0.1, -0.05) is 0 Å². The van der Waals surface area contributed by atoms with Crippen LogP contribution >= 0.6 is 11.3 Å². The second kappa shape index (κ2) is 6.93. The highest BCUT2D eigenvalue weighted by molar-refractivity contribution is 7.10. The van der Waals surface area contributed by atoms with E-state index in [0.717, 1.165) is 37.5 Å². The molecule has 0 bridgehead atoms. The molecule has 1 fully saturated rings. The van der Waals surface area contributed by atoms with Gasteiger partial charge in [0.25, 0.3) is 5.91 Å². The van der Waals surface area contributed by atoms with Crippen molar-refractivity contribution < 1.29 is 4.79 Å². The van der Waals surface area contributed by atoms with Gasteiger partial charge in [-0.3, -0.25) is 4.79 Å². The maximum Gasteiger partial charge on any atom is 0.254 e. The van der Waals surface area contributed by atoms with Gasteiger partial charge in [-0.05, 0) is 70.0 Å². The van der Waals surface area contributed by atoms with E-state index >= 15 is 0 Å². The van der Waals surface area contributed by atoms with E-state index < -0.39 is 0 Å². The Hall–Kier alpha value is -0.870. The van der Waals surface area contributed by atoms with E-state index in [1.54, 1.807) is 11.3 Å². The predicted molar refractivity (Wildman–Crippen MR) is 88.1 cm³/mol. The molecule has 0 unspecified atom stereocenters. The van der Waals surface area contributed by atoms with Crippen molar-refractivity contribution in [3.05, 3.63) is 21.4 Å². The third kappa shape index (κ3) is 3.32. The van der Waals surface area contributed by atoms with Crippen LogP contribution in [0.3, 0.4) is 0 Å². The van der Waals surface area contributed by atoms with Gasteiger partial charge in [0.2, 0.25) is 0 Å². The minimum absolute atomic E-state index is 0.293. The predicted octanol–water partition coefficient (Wildman–Crippen LogP) is 3.09. The van der Waals surface area contributed by atoms with Crippen molar-refractivity contribution in [1.82, 2.24) is 10.2 Å². The minimum Gasteiger partial charge on any atom is -0.339 e. The van der Waals surface area contributed by atoms with Crippen LogP contribution < -0.4 is 5.32 Å². The van der Waals surface area contributed by atoms with Crippen LogP contribution in [0.25, 0.3) is 0 Å². The monoisotopic (exact) mass is 306 g/mol. The van der Waals surface area contributed by atoms with Gasteiger partial charge in [0.05, 0.1) is 5.56 Å². The van der Waals surface area contributed by atoms with Crippen LogP contribution in [0.1, 0.15) is 52.9 Å². The molecule has 2 heterocycles. The number of rotatable bonds is 4. The van der Waals surface area contributed by atoms with Gasteiger partial charge in [-0.2, -0.15) is 0 Å². The number of likely N-dealkylation sites (tertiary alicyclic amines) is 1. The SMILES string of the molecule is CNCCC1CCN(C(=O)c2csc3c2CCCC3)CC1. The fraction of sp³-hybridized carbons (Fsp3) is 0.706. The number of fused-ring (bicyclic) bond motifs is 1.